The van der Waals surface area contributed by atoms with Crippen LogP contribution < -0.4 is 0 Å². The minimum absolute atomic E-state index is 0.150. The van der Waals surface area contributed by atoms with Gasteiger partial charge in [0.15, 0.2) is 0 Å². The molecule has 5 nitrogen and oxygen atoms in total. The van der Waals surface area contributed by atoms with Crippen molar-refractivity contribution in [2.24, 2.45) is 11.8 Å². The number of pyridine rings is 1. The SMILES string of the molecule is CC1C(=O)N(Cc2ccnc(C#N)c2)C(=O)C1C. The number of aromatic nitrogens is 1. The Kier molecular flexibility index (Phi) is 3.11. The fourth-order valence-electron chi connectivity index (χ4n) is 2.00. The number of nitrogens with zero attached hydrogens (tertiary/aromatic N) is 3. The average molecular weight is 243 g/mol. The van der Waals surface area contributed by atoms with Crippen LogP contribution in [0.15, 0.2) is 18.3 Å². The summed E-state index contributed by atoms with van der Waals surface area (Å²) in [6.45, 7) is 3.74. The molecule has 1 aromatic heterocycles. The molecule has 2 rings (SSSR count). The molecule has 18 heavy (non-hydrogen) atoms. The molecule has 2 heterocycles. The van der Waals surface area contributed by atoms with E-state index in [1.54, 1.807) is 26.0 Å². The highest BCUT2D eigenvalue weighted by molar-refractivity contribution is 6.04. The van der Waals surface area contributed by atoms with E-state index < -0.39 is 0 Å². The van der Waals surface area contributed by atoms with E-state index >= 15 is 0 Å². The van der Waals surface area contributed by atoms with Crippen LogP contribution in [0.25, 0.3) is 0 Å². The summed E-state index contributed by atoms with van der Waals surface area (Å²) in [7, 11) is 0. The van der Waals surface area contributed by atoms with Crippen molar-refractivity contribution in [3.05, 3.63) is 29.6 Å². The molecule has 0 spiro atoms. The smallest absolute Gasteiger partial charge is 0.233 e. The molecule has 1 aliphatic rings. The van der Waals surface area contributed by atoms with Gasteiger partial charge in [-0.2, -0.15) is 5.26 Å². The van der Waals surface area contributed by atoms with E-state index in [9.17, 15) is 9.59 Å². The number of hydrogen-bond acceptors (Lipinski definition) is 4. The lowest BCUT2D eigenvalue weighted by atomic mass is 10.00. The van der Waals surface area contributed by atoms with Gasteiger partial charge in [-0.25, -0.2) is 4.98 Å². The van der Waals surface area contributed by atoms with E-state index in [-0.39, 0.29) is 35.9 Å². The summed E-state index contributed by atoms with van der Waals surface area (Å²) in [5.74, 6) is -0.838. The van der Waals surface area contributed by atoms with E-state index in [2.05, 4.69) is 4.98 Å². The number of rotatable bonds is 2. The number of carbonyl (C=O) groups excluding carboxylic acids is 2. The standard InChI is InChI=1S/C13H13N3O2/c1-8-9(2)13(18)16(12(8)17)7-10-3-4-15-11(5-10)6-14/h3-5,8-9H,7H2,1-2H3. The minimum Gasteiger partial charge on any atom is -0.278 e. The normalized spacial score (nSPS) is 23.3. The number of hydrogen-bond donors (Lipinski definition) is 0. The molecule has 1 aliphatic heterocycles. The van der Waals surface area contributed by atoms with Gasteiger partial charge in [0.05, 0.1) is 6.54 Å². The van der Waals surface area contributed by atoms with E-state index in [4.69, 9.17) is 5.26 Å². The third-order valence-corrected chi connectivity index (χ3v) is 3.34. The van der Waals surface area contributed by atoms with Crippen molar-refractivity contribution in [3.8, 4) is 6.07 Å². The Hall–Kier alpha value is -2.22. The van der Waals surface area contributed by atoms with Crippen LogP contribution in [0.2, 0.25) is 0 Å². The molecule has 0 bridgehead atoms. The van der Waals surface area contributed by atoms with Gasteiger partial charge < -0.3 is 0 Å². The zero-order valence-corrected chi connectivity index (χ0v) is 10.3. The summed E-state index contributed by atoms with van der Waals surface area (Å²) >= 11 is 0. The second kappa shape index (κ2) is 4.57. The number of amides is 2. The van der Waals surface area contributed by atoms with Crippen LogP contribution in [0.1, 0.15) is 25.1 Å². The van der Waals surface area contributed by atoms with Crippen LogP contribution in [0.3, 0.4) is 0 Å². The number of imide groups is 1. The first-order chi connectivity index (χ1) is 8.54. The number of nitriles is 1. The molecule has 2 amide bonds. The van der Waals surface area contributed by atoms with Crippen LogP contribution >= 0.6 is 0 Å². The van der Waals surface area contributed by atoms with Crippen molar-refractivity contribution in [3.63, 3.8) is 0 Å². The molecule has 0 aliphatic carbocycles. The molecule has 1 saturated heterocycles. The highest BCUT2D eigenvalue weighted by Gasteiger charge is 2.41. The highest BCUT2D eigenvalue weighted by atomic mass is 16.2. The molecule has 1 fully saturated rings. The van der Waals surface area contributed by atoms with E-state index in [0.29, 0.717) is 0 Å². The van der Waals surface area contributed by atoms with Crippen LogP contribution in [-0.2, 0) is 16.1 Å². The van der Waals surface area contributed by atoms with Gasteiger partial charge in [-0.05, 0) is 17.7 Å². The van der Waals surface area contributed by atoms with Crippen molar-refractivity contribution in [2.45, 2.75) is 20.4 Å². The first kappa shape index (κ1) is 12.2. The average Bonchev–Trinajstić information content (AvgIpc) is 2.57. The van der Waals surface area contributed by atoms with Gasteiger partial charge in [0, 0.05) is 18.0 Å². The van der Waals surface area contributed by atoms with Crippen molar-refractivity contribution in [1.29, 1.82) is 5.26 Å². The number of likely N-dealkylation sites (tertiary alicyclic amines) is 1. The molecule has 0 saturated carbocycles. The fourth-order valence-corrected chi connectivity index (χ4v) is 2.00. The molecule has 2 unspecified atom stereocenters. The van der Waals surface area contributed by atoms with Crippen molar-refractivity contribution in [1.82, 2.24) is 9.88 Å². The van der Waals surface area contributed by atoms with E-state index in [0.717, 1.165) is 5.56 Å². The fraction of sp³-hybridized carbons (Fsp3) is 0.385. The maximum atomic E-state index is 11.9. The lowest BCUT2D eigenvalue weighted by Crippen LogP contribution is -2.30. The van der Waals surface area contributed by atoms with Gasteiger partial charge in [-0.1, -0.05) is 13.8 Å². The lowest BCUT2D eigenvalue weighted by Gasteiger charge is -2.14. The monoisotopic (exact) mass is 243 g/mol. The zero-order chi connectivity index (χ0) is 13.3. The molecule has 2 atom stereocenters. The van der Waals surface area contributed by atoms with Crippen molar-refractivity contribution in [2.75, 3.05) is 0 Å². The predicted octanol–water partition coefficient (Wildman–Crippen LogP) is 1.09. The topological polar surface area (TPSA) is 74.1 Å². The first-order valence-corrected chi connectivity index (χ1v) is 5.75. The molecule has 5 heteroatoms. The minimum atomic E-state index is -0.269. The van der Waals surface area contributed by atoms with Crippen LogP contribution in [0, 0.1) is 23.2 Å². The second-order valence-corrected chi connectivity index (χ2v) is 4.50. The molecular weight excluding hydrogens is 230 g/mol. The maximum Gasteiger partial charge on any atom is 0.233 e. The van der Waals surface area contributed by atoms with E-state index in [1.165, 1.54) is 11.1 Å². The Balaban J connectivity index is 2.22. The van der Waals surface area contributed by atoms with Crippen LogP contribution in [0.5, 0.6) is 0 Å². The molecule has 92 valence electrons. The summed E-state index contributed by atoms with van der Waals surface area (Å²) in [4.78, 5) is 28.9. The Morgan fingerprint density at radius 2 is 1.94 bits per heavy atom. The summed E-state index contributed by atoms with van der Waals surface area (Å²) < 4.78 is 0. The summed E-state index contributed by atoms with van der Waals surface area (Å²) in [6, 6.07) is 5.23. The molecule has 0 N–H and O–H groups in total. The predicted molar refractivity (Wildman–Crippen MR) is 62.8 cm³/mol. The van der Waals surface area contributed by atoms with Crippen molar-refractivity contribution >= 4 is 11.8 Å². The third kappa shape index (κ3) is 1.97. The van der Waals surface area contributed by atoms with Gasteiger partial charge >= 0.3 is 0 Å². The van der Waals surface area contributed by atoms with Gasteiger partial charge in [0.1, 0.15) is 11.8 Å². The maximum absolute atomic E-state index is 11.9. The summed E-state index contributed by atoms with van der Waals surface area (Å²) in [5.41, 5.74) is 1.03. The molecule has 0 radical (unpaired) electrons. The van der Waals surface area contributed by atoms with Crippen molar-refractivity contribution < 1.29 is 9.59 Å². The molecule has 1 aromatic rings. The summed E-state index contributed by atoms with van der Waals surface area (Å²) in [5, 5.41) is 8.75. The summed E-state index contributed by atoms with van der Waals surface area (Å²) in [6.07, 6.45) is 1.51. The van der Waals surface area contributed by atoms with Crippen LogP contribution in [-0.4, -0.2) is 21.7 Å². The highest BCUT2D eigenvalue weighted by Crippen LogP contribution is 2.26. The molecular formula is C13H13N3O2. The third-order valence-electron chi connectivity index (χ3n) is 3.34. The lowest BCUT2D eigenvalue weighted by molar-refractivity contribution is -0.140. The largest absolute Gasteiger partial charge is 0.278 e. The Bertz CT molecular complexity index is 527. The van der Waals surface area contributed by atoms with E-state index in [1.807, 2.05) is 6.07 Å². The number of carbonyl (C=O) groups is 2. The Labute approximate surface area is 105 Å². The van der Waals surface area contributed by atoms with Crippen LogP contribution in [0.4, 0.5) is 0 Å². The van der Waals surface area contributed by atoms with Gasteiger partial charge in [-0.3, -0.25) is 14.5 Å². The zero-order valence-electron chi connectivity index (χ0n) is 10.3. The van der Waals surface area contributed by atoms with Gasteiger partial charge in [0.2, 0.25) is 11.8 Å². The quantitative estimate of drug-likeness (QED) is 0.729. The molecule has 0 aromatic carbocycles. The Morgan fingerprint density at radius 3 is 2.50 bits per heavy atom. The van der Waals surface area contributed by atoms with Gasteiger partial charge in [-0.15, -0.1) is 0 Å². The second-order valence-electron chi connectivity index (χ2n) is 4.50. The van der Waals surface area contributed by atoms with Gasteiger partial charge in [0.25, 0.3) is 0 Å². The first-order valence-electron chi connectivity index (χ1n) is 5.75. The Morgan fingerprint density at radius 1 is 1.33 bits per heavy atom.